The molecule has 0 aliphatic heterocycles. The average molecular weight is 348 g/mol. The van der Waals surface area contributed by atoms with E-state index < -0.39 is 0 Å². The Labute approximate surface area is 158 Å². The lowest BCUT2D eigenvalue weighted by molar-refractivity contribution is 0.670. The molecule has 0 saturated heterocycles. The van der Waals surface area contributed by atoms with Gasteiger partial charge in [0.2, 0.25) is 0 Å². The van der Waals surface area contributed by atoms with Gasteiger partial charge in [0, 0.05) is 16.3 Å². The van der Waals surface area contributed by atoms with Crippen molar-refractivity contribution in [3.63, 3.8) is 0 Å². The lowest BCUT2D eigenvalue weighted by Gasteiger charge is -2.13. The second-order valence-electron chi connectivity index (χ2n) is 7.13. The molecule has 0 amide bonds. The third-order valence-electron chi connectivity index (χ3n) is 5.36. The van der Waals surface area contributed by atoms with Crippen molar-refractivity contribution < 1.29 is 4.42 Å². The highest BCUT2D eigenvalue weighted by Crippen LogP contribution is 2.39. The summed E-state index contributed by atoms with van der Waals surface area (Å²) in [6, 6.07) is 29.9. The summed E-state index contributed by atoms with van der Waals surface area (Å²) in [5.41, 5.74) is 9.34. The number of hydrogen-bond donors (Lipinski definition) is 0. The molecule has 1 heteroatoms. The Balaban J connectivity index is 1.77. The quantitative estimate of drug-likeness (QED) is 0.321. The van der Waals surface area contributed by atoms with E-state index in [1.807, 2.05) is 12.1 Å². The van der Waals surface area contributed by atoms with Crippen LogP contribution in [0.2, 0.25) is 0 Å². The molecule has 0 bridgehead atoms. The first kappa shape index (κ1) is 15.9. The molecule has 0 spiro atoms. The summed E-state index contributed by atoms with van der Waals surface area (Å²) in [6.07, 6.45) is 0. The molecule has 0 saturated carbocycles. The molecule has 5 aromatic rings. The van der Waals surface area contributed by atoms with Crippen molar-refractivity contribution in [2.45, 2.75) is 13.8 Å². The number of rotatable bonds is 2. The van der Waals surface area contributed by atoms with Crippen LogP contribution in [0.1, 0.15) is 11.1 Å². The summed E-state index contributed by atoms with van der Waals surface area (Å²) in [5, 5.41) is 2.34. The number of aryl methyl sites for hydroxylation is 1. The SMILES string of the molecule is Cc1cccc(-c2cccc(-c3cccc4c3oc3ccccc34)c2C)c1. The van der Waals surface area contributed by atoms with Crippen molar-refractivity contribution in [1.29, 1.82) is 0 Å². The van der Waals surface area contributed by atoms with E-state index in [4.69, 9.17) is 4.42 Å². The highest BCUT2D eigenvalue weighted by Gasteiger charge is 2.14. The molecule has 0 aliphatic rings. The first-order valence-corrected chi connectivity index (χ1v) is 9.29. The van der Waals surface area contributed by atoms with E-state index in [0.29, 0.717) is 0 Å². The Morgan fingerprint density at radius 1 is 0.593 bits per heavy atom. The van der Waals surface area contributed by atoms with Gasteiger partial charge in [0.25, 0.3) is 0 Å². The van der Waals surface area contributed by atoms with Gasteiger partial charge in [-0.1, -0.05) is 84.4 Å². The molecule has 1 aromatic heterocycles. The fourth-order valence-electron chi connectivity index (χ4n) is 4.01. The maximum Gasteiger partial charge on any atom is 0.143 e. The maximum atomic E-state index is 6.26. The van der Waals surface area contributed by atoms with Crippen LogP contribution in [0.25, 0.3) is 44.2 Å². The normalized spacial score (nSPS) is 11.3. The topological polar surface area (TPSA) is 13.1 Å². The van der Waals surface area contributed by atoms with E-state index >= 15 is 0 Å². The van der Waals surface area contributed by atoms with Crippen LogP contribution >= 0.6 is 0 Å². The van der Waals surface area contributed by atoms with Crippen LogP contribution in [-0.4, -0.2) is 0 Å². The molecule has 0 unspecified atom stereocenters. The minimum absolute atomic E-state index is 0.937. The van der Waals surface area contributed by atoms with E-state index in [1.54, 1.807) is 0 Å². The Morgan fingerprint density at radius 2 is 1.30 bits per heavy atom. The van der Waals surface area contributed by atoms with E-state index in [-0.39, 0.29) is 0 Å². The fourth-order valence-corrected chi connectivity index (χ4v) is 4.01. The number of hydrogen-bond acceptors (Lipinski definition) is 1. The van der Waals surface area contributed by atoms with Gasteiger partial charge in [0.05, 0.1) is 0 Å². The summed E-state index contributed by atoms with van der Waals surface area (Å²) < 4.78 is 6.26. The van der Waals surface area contributed by atoms with Crippen molar-refractivity contribution >= 4 is 21.9 Å². The largest absolute Gasteiger partial charge is 0.455 e. The average Bonchev–Trinajstić information content (AvgIpc) is 3.07. The van der Waals surface area contributed by atoms with E-state index in [9.17, 15) is 0 Å². The molecular weight excluding hydrogens is 328 g/mol. The van der Waals surface area contributed by atoms with Crippen LogP contribution in [0, 0.1) is 13.8 Å². The van der Waals surface area contributed by atoms with Crippen LogP contribution in [0.5, 0.6) is 0 Å². The number of furan rings is 1. The molecule has 0 fully saturated rings. The summed E-state index contributed by atoms with van der Waals surface area (Å²) in [6.45, 7) is 4.34. The summed E-state index contributed by atoms with van der Waals surface area (Å²) >= 11 is 0. The van der Waals surface area contributed by atoms with Gasteiger partial charge >= 0.3 is 0 Å². The van der Waals surface area contributed by atoms with E-state index in [0.717, 1.165) is 16.7 Å². The Kier molecular flexibility index (Phi) is 3.61. The third-order valence-corrected chi connectivity index (χ3v) is 5.36. The van der Waals surface area contributed by atoms with Crippen LogP contribution < -0.4 is 0 Å². The first-order chi connectivity index (χ1) is 13.2. The zero-order valence-electron chi connectivity index (χ0n) is 15.5. The Hall–Kier alpha value is -3.32. The first-order valence-electron chi connectivity index (χ1n) is 9.29. The molecule has 0 radical (unpaired) electrons. The summed E-state index contributed by atoms with van der Waals surface area (Å²) in [7, 11) is 0. The van der Waals surface area contributed by atoms with Crippen molar-refractivity contribution in [2.24, 2.45) is 0 Å². The summed E-state index contributed by atoms with van der Waals surface area (Å²) in [5.74, 6) is 0. The second-order valence-corrected chi connectivity index (χ2v) is 7.13. The molecule has 0 N–H and O–H groups in total. The van der Waals surface area contributed by atoms with Gasteiger partial charge < -0.3 is 4.42 Å². The van der Waals surface area contributed by atoms with Crippen molar-refractivity contribution in [3.05, 3.63) is 96.1 Å². The van der Waals surface area contributed by atoms with Gasteiger partial charge in [0.1, 0.15) is 11.2 Å². The van der Waals surface area contributed by atoms with Gasteiger partial charge in [-0.2, -0.15) is 0 Å². The van der Waals surface area contributed by atoms with Gasteiger partial charge in [-0.25, -0.2) is 0 Å². The minimum Gasteiger partial charge on any atom is -0.455 e. The maximum absolute atomic E-state index is 6.26. The molecule has 27 heavy (non-hydrogen) atoms. The van der Waals surface area contributed by atoms with Gasteiger partial charge in [-0.15, -0.1) is 0 Å². The standard InChI is InChI=1S/C26H20O/c1-17-8-5-9-19(16-17)20-11-6-12-21(18(20)2)23-13-7-14-24-22-10-3-4-15-25(22)27-26(23)24/h3-16H,1-2H3. The molecule has 130 valence electrons. The predicted molar refractivity (Wildman–Crippen MR) is 114 cm³/mol. The molecule has 0 atom stereocenters. The van der Waals surface area contributed by atoms with E-state index in [1.165, 1.54) is 38.6 Å². The zero-order chi connectivity index (χ0) is 18.4. The van der Waals surface area contributed by atoms with Crippen molar-refractivity contribution in [3.8, 4) is 22.3 Å². The highest BCUT2D eigenvalue weighted by molar-refractivity contribution is 6.09. The van der Waals surface area contributed by atoms with Crippen molar-refractivity contribution in [2.75, 3.05) is 0 Å². The molecule has 1 nitrogen and oxygen atoms in total. The lowest BCUT2D eigenvalue weighted by Crippen LogP contribution is -1.89. The molecule has 0 aliphatic carbocycles. The third kappa shape index (κ3) is 2.55. The van der Waals surface area contributed by atoms with Gasteiger partial charge in [-0.3, -0.25) is 0 Å². The van der Waals surface area contributed by atoms with Crippen LogP contribution in [0.3, 0.4) is 0 Å². The molecule has 1 heterocycles. The van der Waals surface area contributed by atoms with Crippen LogP contribution in [-0.2, 0) is 0 Å². The van der Waals surface area contributed by atoms with Crippen LogP contribution in [0.4, 0.5) is 0 Å². The molecule has 5 rings (SSSR count). The molecular formula is C26H20O. The molecule has 4 aromatic carbocycles. The fraction of sp³-hybridized carbons (Fsp3) is 0.0769. The van der Waals surface area contributed by atoms with Crippen LogP contribution in [0.15, 0.2) is 89.3 Å². The second kappa shape index (κ2) is 6.14. The van der Waals surface area contributed by atoms with Gasteiger partial charge in [0.15, 0.2) is 0 Å². The number of benzene rings is 4. The number of para-hydroxylation sites is 2. The smallest absolute Gasteiger partial charge is 0.143 e. The zero-order valence-corrected chi connectivity index (χ0v) is 15.5. The summed E-state index contributed by atoms with van der Waals surface area (Å²) in [4.78, 5) is 0. The monoisotopic (exact) mass is 348 g/mol. The van der Waals surface area contributed by atoms with Gasteiger partial charge in [-0.05, 0) is 42.2 Å². The minimum atomic E-state index is 0.937. The number of fused-ring (bicyclic) bond motifs is 3. The van der Waals surface area contributed by atoms with E-state index in [2.05, 4.69) is 86.6 Å². The lowest BCUT2D eigenvalue weighted by atomic mass is 9.91. The Bertz CT molecular complexity index is 1290. The predicted octanol–water partition coefficient (Wildman–Crippen LogP) is 7.54. The Morgan fingerprint density at radius 3 is 2.19 bits per heavy atom. The highest BCUT2D eigenvalue weighted by atomic mass is 16.3. The van der Waals surface area contributed by atoms with Crippen molar-refractivity contribution in [1.82, 2.24) is 0 Å².